The highest BCUT2D eigenvalue weighted by atomic mass is 19.1. The third kappa shape index (κ3) is 2.99. The second-order valence-electron chi connectivity index (χ2n) is 5.11. The zero-order valence-corrected chi connectivity index (χ0v) is 11.9. The quantitative estimate of drug-likeness (QED) is 0.911. The van der Waals surface area contributed by atoms with Crippen LogP contribution in [0.2, 0.25) is 0 Å². The van der Waals surface area contributed by atoms with Crippen molar-refractivity contribution < 1.29 is 14.2 Å². The summed E-state index contributed by atoms with van der Waals surface area (Å²) in [5, 5.41) is 10.4. The Morgan fingerprint density at radius 3 is 2.15 bits per heavy atom. The molecule has 2 rings (SSSR count). The van der Waals surface area contributed by atoms with Gasteiger partial charge in [0.1, 0.15) is 17.7 Å². The minimum absolute atomic E-state index is 0.390. The fourth-order valence-electron chi connectivity index (χ4n) is 2.16. The van der Waals surface area contributed by atoms with Crippen molar-refractivity contribution in [2.24, 2.45) is 0 Å². The molecule has 20 heavy (non-hydrogen) atoms. The van der Waals surface area contributed by atoms with Crippen LogP contribution in [0, 0.1) is 5.82 Å². The van der Waals surface area contributed by atoms with Crippen LogP contribution in [0.5, 0.6) is 5.75 Å². The fourth-order valence-corrected chi connectivity index (χ4v) is 2.16. The average Bonchev–Trinajstić information content (AvgIpc) is 2.46. The molecule has 0 fully saturated rings. The summed E-state index contributed by atoms with van der Waals surface area (Å²) in [5.41, 5.74) is 2.36. The van der Waals surface area contributed by atoms with Gasteiger partial charge in [0.2, 0.25) is 0 Å². The van der Waals surface area contributed by atoms with Gasteiger partial charge in [0.05, 0.1) is 7.11 Å². The molecule has 0 saturated carbocycles. The SMILES string of the molecule is COc1ccc(F)cc1C(O)c1ccc(C(C)C)cc1. The van der Waals surface area contributed by atoms with Gasteiger partial charge in [-0.3, -0.25) is 0 Å². The van der Waals surface area contributed by atoms with Crippen molar-refractivity contribution in [2.45, 2.75) is 25.9 Å². The number of ether oxygens (including phenoxy) is 1. The number of aliphatic hydroxyl groups excluding tert-OH is 1. The summed E-state index contributed by atoms with van der Waals surface area (Å²) in [6, 6.07) is 11.8. The number of aliphatic hydroxyl groups is 1. The molecule has 106 valence electrons. The second kappa shape index (κ2) is 6.06. The molecular weight excluding hydrogens is 255 g/mol. The van der Waals surface area contributed by atoms with Crippen LogP contribution in [0.3, 0.4) is 0 Å². The van der Waals surface area contributed by atoms with Crippen LogP contribution in [0.25, 0.3) is 0 Å². The van der Waals surface area contributed by atoms with Crippen LogP contribution in [0.4, 0.5) is 4.39 Å². The Hall–Kier alpha value is -1.87. The molecule has 2 nitrogen and oxygen atoms in total. The largest absolute Gasteiger partial charge is 0.496 e. The summed E-state index contributed by atoms with van der Waals surface area (Å²) in [5.74, 6) is 0.524. The minimum atomic E-state index is -0.901. The lowest BCUT2D eigenvalue weighted by molar-refractivity contribution is 0.214. The molecule has 0 heterocycles. The van der Waals surface area contributed by atoms with Gasteiger partial charge in [-0.15, -0.1) is 0 Å². The van der Waals surface area contributed by atoms with E-state index in [2.05, 4.69) is 13.8 Å². The van der Waals surface area contributed by atoms with Crippen LogP contribution >= 0.6 is 0 Å². The molecule has 0 radical (unpaired) electrons. The molecule has 0 amide bonds. The predicted molar refractivity (Wildman–Crippen MR) is 77.5 cm³/mol. The summed E-state index contributed by atoms with van der Waals surface area (Å²) < 4.78 is 18.5. The predicted octanol–water partition coefficient (Wildman–Crippen LogP) is 4.04. The lowest BCUT2D eigenvalue weighted by Gasteiger charge is -2.16. The molecule has 0 aliphatic carbocycles. The summed E-state index contributed by atoms with van der Waals surface area (Å²) in [6.45, 7) is 4.22. The van der Waals surface area contributed by atoms with Gasteiger partial charge >= 0.3 is 0 Å². The zero-order chi connectivity index (χ0) is 14.7. The highest BCUT2D eigenvalue weighted by molar-refractivity contribution is 5.41. The molecule has 0 aliphatic rings. The van der Waals surface area contributed by atoms with Crippen LogP contribution < -0.4 is 4.74 Å². The van der Waals surface area contributed by atoms with E-state index in [0.29, 0.717) is 17.2 Å². The molecule has 0 aliphatic heterocycles. The van der Waals surface area contributed by atoms with E-state index in [1.54, 1.807) is 0 Å². The Labute approximate surface area is 118 Å². The van der Waals surface area contributed by atoms with Gasteiger partial charge in [-0.25, -0.2) is 4.39 Å². The molecule has 1 N–H and O–H groups in total. The molecule has 2 aromatic carbocycles. The van der Waals surface area contributed by atoms with E-state index in [0.717, 1.165) is 5.56 Å². The van der Waals surface area contributed by atoms with Gasteiger partial charge in [0, 0.05) is 5.56 Å². The standard InChI is InChI=1S/C17H19FO2/c1-11(2)12-4-6-13(7-5-12)17(19)15-10-14(18)8-9-16(15)20-3/h4-11,17,19H,1-3H3. The van der Waals surface area contributed by atoms with Gasteiger partial charge in [-0.1, -0.05) is 38.1 Å². The fraction of sp³-hybridized carbons (Fsp3) is 0.294. The van der Waals surface area contributed by atoms with Crippen molar-refractivity contribution in [3.63, 3.8) is 0 Å². The minimum Gasteiger partial charge on any atom is -0.496 e. The van der Waals surface area contributed by atoms with Gasteiger partial charge in [-0.05, 0) is 35.2 Å². The van der Waals surface area contributed by atoms with E-state index in [1.165, 1.54) is 30.9 Å². The van der Waals surface area contributed by atoms with Crippen molar-refractivity contribution >= 4 is 0 Å². The third-order valence-electron chi connectivity index (χ3n) is 3.41. The van der Waals surface area contributed by atoms with Crippen LogP contribution in [-0.4, -0.2) is 12.2 Å². The second-order valence-corrected chi connectivity index (χ2v) is 5.11. The van der Waals surface area contributed by atoms with E-state index >= 15 is 0 Å². The summed E-state index contributed by atoms with van der Waals surface area (Å²) in [4.78, 5) is 0. The van der Waals surface area contributed by atoms with E-state index in [-0.39, 0.29) is 0 Å². The van der Waals surface area contributed by atoms with Gasteiger partial charge in [-0.2, -0.15) is 0 Å². The van der Waals surface area contributed by atoms with Gasteiger partial charge < -0.3 is 9.84 Å². The normalized spacial score (nSPS) is 12.5. The smallest absolute Gasteiger partial charge is 0.125 e. The third-order valence-corrected chi connectivity index (χ3v) is 3.41. The van der Waals surface area contributed by atoms with Crippen molar-refractivity contribution in [1.82, 2.24) is 0 Å². The molecule has 0 saturated heterocycles. The number of methoxy groups -OCH3 is 1. The van der Waals surface area contributed by atoms with Crippen molar-refractivity contribution in [3.05, 3.63) is 65.0 Å². The maximum Gasteiger partial charge on any atom is 0.125 e. The Kier molecular flexibility index (Phi) is 4.40. The number of hydrogen-bond donors (Lipinski definition) is 1. The number of hydrogen-bond acceptors (Lipinski definition) is 2. The van der Waals surface area contributed by atoms with Crippen LogP contribution in [-0.2, 0) is 0 Å². The van der Waals surface area contributed by atoms with E-state index in [4.69, 9.17) is 4.74 Å². The number of benzene rings is 2. The van der Waals surface area contributed by atoms with Crippen molar-refractivity contribution in [3.8, 4) is 5.75 Å². The molecule has 1 unspecified atom stereocenters. The van der Waals surface area contributed by atoms with E-state index in [9.17, 15) is 9.50 Å². The summed E-state index contributed by atoms with van der Waals surface area (Å²) in [6.07, 6.45) is -0.901. The molecule has 0 spiro atoms. The summed E-state index contributed by atoms with van der Waals surface area (Å²) >= 11 is 0. The average molecular weight is 274 g/mol. The molecule has 2 aromatic rings. The first-order chi connectivity index (χ1) is 9.52. The lowest BCUT2D eigenvalue weighted by Crippen LogP contribution is -2.03. The molecular formula is C17H19FO2. The topological polar surface area (TPSA) is 29.5 Å². The van der Waals surface area contributed by atoms with Crippen LogP contribution in [0.1, 0.15) is 42.6 Å². The molecule has 1 atom stereocenters. The highest BCUT2D eigenvalue weighted by Crippen LogP contribution is 2.31. The van der Waals surface area contributed by atoms with Crippen LogP contribution in [0.15, 0.2) is 42.5 Å². The Morgan fingerprint density at radius 1 is 1.00 bits per heavy atom. The number of rotatable bonds is 4. The maximum atomic E-state index is 13.4. The first kappa shape index (κ1) is 14.5. The van der Waals surface area contributed by atoms with E-state index < -0.39 is 11.9 Å². The highest BCUT2D eigenvalue weighted by Gasteiger charge is 2.16. The van der Waals surface area contributed by atoms with Gasteiger partial charge in [0.25, 0.3) is 0 Å². The Bertz CT molecular complexity index is 576. The van der Waals surface area contributed by atoms with Crippen molar-refractivity contribution in [2.75, 3.05) is 7.11 Å². The van der Waals surface area contributed by atoms with Gasteiger partial charge in [0.15, 0.2) is 0 Å². The molecule has 0 bridgehead atoms. The monoisotopic (exact) mass is 274 g/mol. The Morgan fingerprint density at radius 2 is 1.60 bits per heavy atom. The van der Waals surface area contributed by atoms with Crippen molar-refractivity contribution in [1.29, 1.82) is 0 Å². The lowest BCUT2D eigenvalue weighted by atomic mass is 9.96. The van der Waals surface area contributed by atoms with E-state index in [1.807, 2.05) is 24.3 Å². The first-order valence-electron chi connectivity index (χ1n) is 6.64. The molecule has 3 heteroatoms. The number of halogens is 1. The molecule has 0 aromatic heterocycles. The Balaban J connectivity index is 2.35. The maximum absolute atomic E-state index is 13.4. The first-order valence-corrected chi connectivity index (χ1v) is 6.64. The zero-order valence-electron chi connectivity index (χ0n) is 11.9. The summed E-state index contributed by atoms with van der Waals surface area (Å²) in [7, 11) is 1.51.